The zero-order valence-electron chi connectivity index (χ0n) is 12.2. The second kappa shape index (κ2) is 6.03. The Balaban J connectivity index is 2.93. The minimum Gasteiger partial charge on any atom is -0.330 e. The van der Waals surface area contributed by atoms with Gasteiger partial charge in [0.1, 0.15) is 0 Å². The minimum atomic E-state index is -3.40. The molecule has 0 aliphatic heterocycles. The molecule has 0 aliphatic rings. The van der Waals surface area contributed by atoms with Crippen molar-refractivity contribution in [1.82, 2.24) is 4.31 Å². The lowest BCUT2D eigenvalue weighted by Crippen LogP contribution is -2.34. The van der Waals surface area contributed by atoms with Crippen molar-refractivity contribution in [3.8, 4) is 0 Å². The lowest BCUT2D eigenvalue weighted by atomic mass is 9.97. The molecule has 5 heteroatoms. The number of nitrogens with two attached hydrogens (primary N) is 1. The fourth-order valence-corrected chi connectivity index (χ4v) is 3.32. The van der Waals surface area contributed by atoms with Crippen LogP contribution in [0.15, 0.2) is 29.2 Å². The molecule has 1 aromatic rings. The molecule has 0 bridgehead atoms. The lowest BCUT2D eigenvalue weighted by molar-refractivity contribution is 0.311. The van der Waals surface area contributed by atoms with E-state index in [1.54, 1.807) is 19.2 Å². The monoisotopic (exact) mass is 284 g/mol. The van der Waals surface area contributed by atoms with Gasteiger partial charge in [0.15, 0.2) is 0 Å². The van der Waals surface area contributed by atoms with Gasteiger partial charge in [-0.15, -0.1) is 0 Å². The SMILES string of the molecule is CN(CC(C)(C)C)S(=O)(=O)c1ccc(CCN)cc1. The summed E-state index contributed by atoms with van der Waals surface area (Å²) in [5, 5.41) is 0. The number of rotatable bonds is 5. The molecule has 2 N–H and O–H groups in total. The summed E-state index contributed by atoms with van der Waals surface area (Å²) in [5.41, 5.74) is 6.46. The zero-order chi connectivity index (χ0) is 14.7. The van der Waals surface area contributed by atoms with Crippen LogP contribution in [0.3, 0.4) is 0 Å². The molecule has 1 rings (SSSR count). The summed E-state index contributed by atoms with van der Waals surface area (Å²) in [7, 11) is -1.78. The third-order valence-electron chi connectivity index (χ3n) is 2.76. The Bertz CT molecular complexity index is 501. The number of hydrogen-bond acceptors (Lipinski definition) is 3. The molecule has 0 aliphatic carbocycles. The summed E-state index contributed by atoms with van der Waals surface area (Å²) in [6.07, 6.45) is 0.762. The van der Waals surface area contributed by atoms with Crippen molar-refractivity contribution in [2.75, 3.05) is 20.1 Å². The number of hydrogen-bond donors (Lipinski definition) is 1. The highest BCUT2D eigenvalue weighted by atomic mass is 32.2. The summed E-state index contributed by atoms with van der Waals surface area (Å²) in [4.78, 5) is 0.333. The van der Waals surface area contributed by atoms with E-state index in [2.05, 4.69) is 0 Å². The predicted octanol–water partition coefficient (Wildman–Crippen LogP) is 1.85. The highest BCUT2D eigenvalue weighted by Gasteiger charge is 2.24. The molecule has 4 nitrogen and oxygen atoms in total. The van der Waals surface area contributed by atoms with Crippen LogP contribution in [0.1, 0.15) is 26.3 Å². The first-order valence-corrected chi connectivity index (χ1v) is 7.86. The van der Waals surface area contributed by atoms with Gasteiger partial charge in [-0.3, -0.25) is 0 Å². The quantitative estimate of drug-likeness (QED) is 0.897. The van der Waals surface area contributed by atoms with E-state index in [0.717, 1.165) is 12.0 Å². The van der Waals surface area contributed by atoms with Crippen LogP contribution in [-0.2, 0) is 16.4 Å². The molecule has 0 aromatic heterocycles. The van der Waals surface area contributed by atoms with E-state index in [9.17, 15) is 8.42 Å². The number of nitrogens with zero attached hydrogens (tertiary/aromatic N) is 1. The standard InChI is InChI=1S/C14H24N2O2S/c1-14(2,3)11-16(4)19(17,18)13-7-5-12(6-8-13)9-10-15/h5-8H,9-11,15H2,1-4H3. The summed E-state index contributed by atoms with van der Waals surface area (Å²) in [6.45, 7) is 7.10. The van der Waals surface area contributed by atoms with Crippen LogP contribution in [0.5, 0.6) is 0 Å². The van der Waals surface area contributed by atoms with E-state index >= 15 is 0 Å². The van der Waals surface area contributed by atoms with Crippen LogP contribution < -0.4 is 5.73 Å². The van der Waals surface area contributed by atoms with Crippen LogP contribution in [0, 0.1) is 5.41 Å². The van der Waals surface area contributed by atoms with Gasteiger partial charge in [-0.25, -0.2) is 12.7 Å². The van der Waals surface area contributed by atoms with Crippen LogP contribution in [-0.4, -0.2) is 32.9 Å². The molecular formula is C14H24N2O2S. The molecular weight excluding hydrogens is 260 g/mol. The van der Waals surface area contributed by atoms with Gasteiger partial charge >= 0.3 is 0 Å². The third-order valence-corrected chi connectivity index (χ3v) is 4.58. The molecule has 108 valence electrons. The first kappa shape index (κ1) is 16.1. The zero-order valence-corrected chi connectivity index (χ0v) is 13.0. The van der Waals surface area contributed by atoms with Gasteiger partial charge in [0.2, 0.25) is 10.0 Å². The number of benzene rings is 1. The Hall–Kier alpha value is -0.910. The Kier molecular flexibility index (Phi) is 5.12. The van der Waals surface area contributed by atoms with Gasteiger partial charge < -0.3 is 5.73 Å². The van der Waals surface area contributed by atoms with Gasteiger partial charge in [-0.2, -0.15) is 0 Å². The van der Waals surface area contributed by atoms with Crippen molar-refractivity contribution in [2.24, 2.45) is 11.1 Å². The average molecular weight is 284 g/mol. The molecule has 0 fully saturated rings. The largest absolute Gasteiger partial charge is 0.330 e. The lowest BCUT2D eigenvalue weighted by Gasteiger charge is -2.26. The first-order valence-electron chi connectivity index (χ1n) is 6.42. The molecule has 0 atom stereocenters. The summed E-state index contributed by atoms with van der Waals surface area (Å²) in [6, 6.07) is 6.95. The maximum Gasteiger partial charge on any atom is 0.242 e. The van der Waals surface area contributed by atoms with Crippen molar-refractivity contribution in [1.29, 1.82) is 0 Å². The van der Waals surface area contributed by atoms with Crippen molar-refractivity contribution in [3.63, 3.8) is 0 Å². The van der Waals surface area contributed by atoms with Gasteiger partial charge in [0.25, 0.3) is 0 Å². The maximum absolute atomic E-state index is 12.4. The fourth-order valence-electron chi connectivity index (χ4n) is 1.93. The van der Waals surface area contributed by atoms with Crippen molar-refractivity contribution < 1.29 is 8.42 Å². The number of sulfonamides is 1. The summed E-state index contributed by atoms with van der Waals surface area (Å²) in [5.74, 6) is 0. The van der Waals surface area contributed by atoms with Gasteiger partial charge in [0.05, 0.1) is 4.90 Å². The van der Waals surface area contributed by atoms with E-state index in [-0.39, 0.29) is 5.41 Å². The van der Waals surface area contributed by atoms with Gasteiger partial charge in [-0.1, -0.05) is 32.9 Å². The molecule has 0 saturated heterocycles. The van der Waals surface area contributed by atoms with Gasteiger partial charge in [0, 0.05) is 13.6 Å². The molecule has 1 aromatic carbocycles. The molecule has 0 unspecified atom stereocenters. The average Bonchev–Trinajstić information content (AvgIpc) is 2.28. The molecule has 0 heterocycles. The van der Waals surface area contributed by atoms with Crippen LogP contribution >= 0.6 is 0 Å². The topological polar surface area (TPSA) is 63.4 Å². The molecule has 0 amide bonds. The van der Waals surface area contributed by atoms with E-state index in [1.807, 2.05) is 32.9 Å². The van der Waals surface area contributed by atoms with Crippen LogP contribution in [0.2, 0.25) is 0 Å². The molecule has 0 radical (unpaired) electrons. The highest BCUT2D eigenvalue weighted by molar-refractivity contribution is 7.89. The Morgan fingerprint density at radius 3 is 2.11 bits per heavy atom. The first-order chi connectivity index (χ1) is 8.66. The second-order valence-electron chi connectivity index (χ2n) is 6.00. The van der Waals surface area contributed by atoms with E-state index in [0.29, 0.717) is 18.0 Å². The molecule has 19 heavy (non-hydrogen) atoms. The molecule has 0 spiro atoms. The van der Waals surface area contributed by atoms with Crippen molar-refractivity contribution >= 4 is 10.0 Å². The fraction of sp³-hybridized carbons (Fsp3) is 0.571. The highest BCUT2D eigenvalue weighted by Crippen LogP contribution is 2.21. The summed E-state index contributed by atoms with van der Waals surface area (Å²) >= 11 is 0. The Morgan fingerprint density at radius 2 is 1.68 bits per heavy atom. The third kappa shape index (κ3) is 4.60. The van der Waals surface area contributed by atoms with Crippen LogP contribution in [0.4, 0.5) is 0 Å². The predicted molar refractivity (Wildman–Crippen MR) is 78.5 cm³/mol. The van der Waals surface area contributed by atoms with Crippen molar-refractivity contribution in [2.45, 2.75) is 32.1 Å². The van der Waals surface area contributed by atoms with E-state index < -0.39 is 10.0 Å². The summed E-state index contributed by atoms with van der Waals surface area (Å²) < 4.78 is 26.2. The Labute approximate surface area is 116 Å². The maximum atomic E-state index is 12.4. The van der Waals surface area contributed by atoms with Gasteiger partial charge in [-0.05, 0) is 36.1 Å². The van der Waals surface area contributed by atoms with E-state index in [1.165, 1.54) is 4.31 Å². The minimum absolute atomic E-state index is 0.0681. The normalized spacial score (nSPS) is 12.9. The second-order valence-corrected chi connectivity index (χ2v) is 8.05. The smallest absolute Gasteiger partial charge is 0.242 e. The van der Waals surface area contributed by atoms with E-state index in [4.69, 9.17) is 5.73 Å². The van der Waals surface area contributed by atoms with Crippen molar-refractivity contribution in [3.05, 3.63) is 29.8 Å². The Morgan fingerprint density at radius 1 is 1.16 bits per heavy atom. The molecule has 0 saturated carbocycles. The van der Waals surface area contributed by atoms with Crippen LogP contribution in [0.25, 0.3) is 0 Å².